The first-order chi connectivity index (χ1) is 5.72. The maximum absolute atomic E-state index is 11.2. The van der Waals surface area contributed by atoms with Gasteiger partial charge in [-0.2, -0.15) is 0 Å². The average Bonchev–Trinajstić information content (AvgIpc) is 1.97. The highest BCUT2D eigenvalue weighted by atomic mass is 31.1. The van der Waals surface area contributed by atoms with Crippen molar-refractivity contribution in [1.82, 2.24) is 5.09 Å². The molecule has 12 heavy (non-hydrogen) atoms. The molecule has 4 nitrogen and oxygen atoms in total. The Balaban J connectivity index is 2.10. The van der Waals surface area contributed by atoms with Crippen LogP contribution in [0.25, 0.3) is 0 Å². The summed E-state index contributed by atoms with van der Waals surface area (Å²) in [5, 5.41) is 11.5. The zero-order chi connectivity index (χ0) is 8.97. The summed E-state index contributed by atoms with van der Waals surface area (Å²) in [5.74, 6) is 0. The predicted molar refractivity (Wildman–Crippen MR) is 47.4 cm³/mol. The SMILES string of the molecule is CC(CO)O[PH](=O)NC1CCC1. The van der Waals surface area contributed by atoms with E-state index in [-0.39, 0.29) is 12.7 Å². The van der Waals surface area contributed by atoms with Crippen molar-refractivity contribution in [2.24, 2.45) is 0 Å². The molecule has 0 aromatic carbocycles. The Bertz CT molecular complexity index is 152. The second-order valence-corrected chi connectivity index (χ2v) is 4.27. The summed E-state index contributed by atoms with van der Waals surface area (Å²) < 4.78 is 16.1. The zero-order valence-corrected chi connectivity index (χ0v) is 8.25. The summed E-state index contributed by atoms with van der Waals surface area (Å²) in [6, 6.07) is 0.377. The fourth-order valence-electron chi connectivity index (χ4n) is 0.973. The molecule has 2 unspecified atom stereocenters. The molecule has 72 valence electrons. The lowest BCUT2D eigenvalue weighted by molar-refractivity contribution is 0.134. The van der Waals surface area contributed by atoms with Gasteiger partial charge in [0.25, 0.3) is 8.18 Å². The molecule has 1 aliphatic carbocycles. The number of nitrogens with one attached hydrogen (secondary N) is 1. The van der Waals surface area contributed by atoms with Crippen molar-refractivity contribution in [2.75, 3.05) is 6.61 Å². The number of hydrogen-bond acceptors (Lipinski definition) is 3. The number of rotatable bonds is 5. The van der Waals surface area contributed by atoms with Gasteiger partial charge in [0.1, 0.15) is 0 Å². The van der Waals surface area contributed by atoms with Gasteiger partial charge in [0.2, 0.25) is 0 Å². The molecule has 0 spiro atoms. The highest BCUT2D eigenvalue weighted by Gasteiger charge is 2.19. The Labute approximate surface area is 73.2 Å². The van der Waals surface area contributed by atoms with Crippen LogP contribution in [-0.4, -0.2) is 23.9 Å². The summed E-state index contributed by atoms with van der Waals surface area (Å²) in [6.07, 6.45) is 3.06. The Morgan fingerprint density at radius 3 is 2.83 bits per heavy atom. The first-order valence-corrected chi connectivity index (χ1v) is 5.62. The van der Waals surface area contributed by atoms with E-state index in [9.17, 15) is 4.57 Å². The molecule has 0 aromatic rings. The van der Waals surface area contributed by atoms with Gasteiger partial charge in [0.05, 0.1) is 12.7 Å². The van der Waals surface area contributed by atoms with E-state index in [2.05, 4.69) is 5.09 Å². The Morgan fingerprint density at radius 2 is 2.42 bits per heavy atom. The molecule has 1 fully saturated rings. The van der Waals surface area contributed by atoms with Crippen molar-refractivity contribution in [2.45, 2.75) is 38.3 Å². The summed E-state index contributed by atoms with van der Waals surface area (Å²) in [7, 11) is -2.12. The second kappa shape index (κ2) is 4.97. The minimum Gasteiger partial charge on any atom is -0.394 e. The van der Waals surface area contributed by atoms with E-state index in [1.54, 1.807) is 6.92 Å². The maximum atomic E-state index is 11.2. The molecule has 1 aliphatic rings. The van der Waals surface area contributed by atoms with Gasteiger partial charge in [-0.05, 0) is 19.8 Å². The summed E-state index contributed by atoms with van der Waals surface area (Å²) in [6.45, 7) is 1.62. The molecule has 0 radical (unpaired) electrons. The number of aliphatic hydroxyl groups is 1. The van der Waals surface area contributed by atoms with Crippen LogP contribution in [0.5, 0.6) is 0 Å². The summed E-state index contributed by atoms with van der Waals surface area (Å²) in [4.78, 5) is 0. The van der Waals surface area contributed by atoms with E-state index >= 15 is 0 Å². The minimum absolute atomic E-state index is 0.0806. The van der Waals surface area contributed by atoms with Crippen LogP contribution < -0.4 is 5.09 Å². The molecule has 0 heterocycles. The fourth-order valence-corrected chi connectivity index (χ4v) is 2.10. The largest absolute Gasteiger partial charge is 0.394 e. The first-order valence-electron chi connectivity index (χ1n) is 4.30. The van der Waals surface area contributed by atoms with Crippen LogP contribution in [0.2, 0.25) is 0 Å². The summed E-state index contributed by atoms with van der Waals surface area (Å²) >= 11 is 0. The van der Waals surface area contributed by atoms with E-state index < -0.39 is 8.18 Å². The highest BCUT2D eigenvalue weighted by molar-refractivity contribution is 7.36. The van der Waals surface area contributed by atoms with Crippen molar-refractivity contribution in [1.29, 1.82) is 0 Å². The van der Waals surface area contributed by atoms with Crippen molar-refractivity contribution >= 4 is 8.18 Å². The number of aliphatic hydroxyl groups excluding tert-OH is 1. The molecule has 0 amide bonds. The van der Waals surface area contributed by atoms with Gasteiger partial charge in [0, 0.05) is 6.04 Å². The van der Waals surface area contributed by atoms with Crippen molar-refractivity contribution < 1.29 is 14.2 Å². The molecule has 0 saturated heterocycles. The van der Waals surface area contributed by atoms with Gasteiger partial charge in [-0.25, -0.2) is 5.09 Å². The van der Waals surface area contributed by atoms with Crippen LogP contribution >= 0.6 is 8.18 Å². The van der Waals surface area contributed by atoms with Gasteiger partial charge >= 0.3 is 0 Å². The van der Waals surface area contributed by atoms with Gasteiger partial charge in [-0.1, -0.05) is 6.42 Å². The first kappa shape index (κ1) is 10.2. The van der Waals surface area contributed by atoms with E-state index in [1.165, 1.54) is 6.42 Å². The quantitative estimate of drug-likeness (QED) is 0.637. The minimum atomic E-state index is -2.12. The second-order valence-electron chi connectivity index (χ2n) is 3.17. The molecule has 0 aliphatic heterocycles. The third-order valence-electron chi connectivity index (χ3n) is 1.99. The van der Waals surface area contributed by atoms with Gasteiger partial charge in [-0.3, -0.25) is 4.57 Å². The predicted octanol–water partition coefficient (Wildman–Crippen LogP) is 0.916. The van der Waals surface area contributed by atoms with E-state index in [0.29, 0.717) is 6.04 Å². The van der Waals surface area contributed by atoms with Crippen molar-refractivity contribution in [3.05, 3.63) is 0 Å². The van der Waals surface area contributed by atoms with Crippen molar-refractivity contribution in [3.63, 3.8) is 0 Å². The van der Waals surface area contributed by atoms with Gasteiger partial charge < -0.3 is 9.63 Å². The monoisotopic (exact) mass is 193 g/mol. The smallest absolute Gasteiger partial charge is 0.258 e. The molecule has 2 N–H and O–H groups in total. The normalized spacial score (nSPS) is 23.2. The Hall–Kier alpha value is 0.110. The van der Waals surface area contributed by atoms with E-state index in [4.69, 9.17) is 9.63 Å². The Kier molecular flexibility index (Phi) is 4.22. The van der Waals surface area contributed by atoms with Crippen LogP contribution in [0.3, 0.4) is 0 Å². The number of hydrogen-bond donors (Lipinski definition) is 2. The standard InChI is InChI=1S/C7H16NO3P/c1-6(5-9)11-12(10)8-7-3-2-4-7/h6-7,9,12H,2-5H2,1H3,(H,8,10). The zero-order valence-electron chi connectivity index (χ0n) is 7.25. The molecule has 1 rings (SSSR count). The maximum Gasteiger partial charge on any atom is 0.258 e. The Morgan fingerprint density at radius 1 is 1.75 bits per heavy atom. The molecule has 2 atom stereocenters. The lowest BCUT2D eigenvalue weighted by atomic mass is 9.94. The molecule has 0 bridgehead atoms. The third kappa shape index (κ3) is 3.23. The van der Waals surface area contributed by atoms with E-state index in [0.717, 1.165) is 12.8 Å². The molecule has 5 heteroatoms. The van der Waals surface area contributed by atoms with Crippen LogP contribution in [0.15, 0.2) is 0 Å². The highest BCUT2D eigenvalue weighted by Crippen LogP contribution is 2.27. The molecule has 1 saturated carbocycles. The van der Waals surface area contributed by atoms with Crippen LogP contribution in [0.4, 0.5) is 0 Å². The summed E-state index contributed by atoms with van der Waals surface area (Å²) in [5.41, 5.74) is 0. The average molecular weight is 193 g/mol. The topological polar surface area (TPSA) is 58.6 Å². The lowest BCUT2D eigenvalue weighted by Gasteiger charge is -2.26. The lowest BCUT2D eigenvalue weighted by Crippen LogP contribution is -2.31. The molecule has 0 aromatic heterocycles. The molecular formula is C7H16NO3P. The van der Waals surface area contributed by atoms with Gasteiger partial charge in [-0.15, -0.1) is 0 Å². The third-order valence-corrected chi connectivity index (χ3v) is 3.25. The van der Waals surface area contributed by atoms with Crippen LogP contribution in [0, 0.1) is 0 Å². The van der Waals surface area contributed by atoms with Crippen molar-refractivity contribution in [3.8, 4) is 0 Å². The van der Waals surface area contributed by atoms with Gasteiger partial charge in [0.15, 0.2) is 0 Å². The fraction of sp³-hybridized carbons (Fsp3) is 1.00. The van der Waals surface area contributed by atoms with Crippen LogP contribution in [0.1, 0.15) is 26.2 Å². The van der Waals surface area contributed by atoms with Crippen LogP contribution in [-0.2, 0) is 9.09 Å². The molecular weight excluding hydrogens is 177 g/mol. The van der Waals surface area contributed by atoms with E-state index in [1.807, 2.05) is 0 Å².